The number of carbonyl (C=O) groups is 1. The topological polar surface area (TPSA) is 66.5 Å². The van der Waals surface area contributed by atoms with E-state index < -0.39 is 33.7 Å². The Balaban J connectivity index is 1.71. The van der Waals surface area contributed by atoms with Crippen LogP contribution in [0.15, 0.2) is 53.4 Å². The Morgan fingerprint density at radius 3 is 2.52 bits per heavy atom. The van der Waals surface area contributed by atoms with E-state index in [9.17, 15) is 26.4 Å². The van der Waals surface area contributed by atoms with Crippen LogP contribution in [-0.2, 0) is 27.5 Å². The molecular weight excluding hydrogens is 429 g/mol. The Kier molecular flexibility index (Phi) is 6.21. The van der Waals surface area contributed by atoms with Gasteiger partial charge in [0.05, 0.1) is 10.5 Å². The minimum absolute atomic E-state index is 0.0273. The molecule has 1 heterocycles. The minimum atomic E-state index is -4.48. The number of nitrogens with zero attached hydrogens (tertiary/aromatic N) is 1. The van der Waals surface area contributed by atoms with Gasteiger partial charge in [-0.25, -0.2) is 8.42 Å². The van der Waals surface area contributed by atoms with Gasteiger partial charge in [0, 0.05) is 18.1 Å². The maximum absolute atomic E-state index is 12.9. The van der Waals surface area contributed by atoms with E-state index in [4.69, 9.17) is 11.6 Å². The van der Waals surface area contributed by atoms with Crippen molar-refractivity contribution in [2.24, 2.45) is 0 Å². The van der Waals surface area contributed by atoms with E-state index >= 15 is 0 Å². The smallest absolute Gasteiger partial charge is 0.351 e. The van der Waals surface area contributed by atoms with Gasteiger partial charge in [0.1, 0.15) is 6.04 Å². The number of nitrogens with one attached hydrogen (secondary N) is 1. The predicted molar refractivity (Wildman–Crippen MR) is 102 cm³/mol. The molecule has 3 rings (SSSR count). The van der Waals surface area contributed by atoms with Crippen molar-refractivity contribution in [2.75, 3.05) is 6.54 Å². The normalized spacial score (nSPS) is 18.0. The van der Waals surface area contributed by atoms with Gasteiger partial charge < -0.3 is 5.32 Å². The van der Waals surface area contributed by atoms with E-state index in [2.05, 4.69) is 5.32 Å². The van der Waals surface area contributed by atoms with E-state index in [1.165, 1.54) is 36.4 Å². The van der Waals surface area contributed by atoms with E-state index in [-0.39, 0.29) is 23.5 Å². The number of sulfonamides is 1. The summed E-state index contributed by atoms with van der Waals surface area (Å²) in [6.07, 6.45) is -3.63. The number of rotatable bonds is 5. The predicted octanol–water partition coefficient (Wildman–Crippen LogP) is 3.83. The Hall–Kier alpha value is -2.10. The van der Waals surface area contributed by atoms with Crippen molar-refractivity contribution in [2.45, 2.75) is 36.5 Å². The largest absolute Gasteiger partial charge is 0.416 e. The maximum atomic E-state index is 12.9. The number of hydrogen-bond donors (Lipinski definition) is 1. The van der Waals surface area contributed by atoms with Crippen molar-refractivity contribution in [3.05, 3.63) is 64.7 Å². The molecule has 0 radical (unpaired) electrons. The van der Waals surface area contributed by atoms with Crippen LogP contribution in [0.2, 0.25) is 5.02 Å². The average molecular weight is 447 g/mol. The molecule has 0 aromatic heterocycles. The molecule has 10 heteroatoms. The first kappa shape index (κ1) is 21.6. The van der Waals surface area contributed by atoms with E-state index in [0.717, 1.165) is 16.4 Å². The highest BCUT2D eigenvalue weighted by molar-refractivity contribution is 7.89. The second kappa shape index (κ2) is 8.33. The molecule has 0 spiro atoms. The van der Waals surface area contributed by atoms with Crippen LogP contribution in [0.25, 0.3) is 0 Å². The molecule has 1 saturated heterocycles. The Bertz CT molecular complexity index is 995. The number of alkyl halides is 3. The fraction of sp³-hybridized carbons (Fsp3) is 0.316. The van der Waals surface area contributed by atoms with E-state index in [0.29, 0.717) is 17.9 Å². The van der Waals surface area contributed by atoms with Gasteiger partial charge in [-0.15, -0.1) is 0 Å². The molecule has 2 aromatic rings. The lowest BCUT2D eigenvalue weighted by atomic mass is 10.1. The van der Waals surface area contributed by atoms with Gasteiger partial charge in [-0.1, -0.05) is 23.7 Å². The van der Waals surface area contributed by atoms with Crippen LogP contribution in [0.1, 0.15) is 24.0 Å². The van der Waals surface area contributed by atoms with E-state index in [1.807, 2.05) is 0 Å². The lowest BCUT2D eigenvalue weighted by Crippen LogP contribution is -2.45. The molecule has 2 aromatic carbocycles. The molecule has 0 unspecified atom stereocenters. The molecule has 1 fully saturated rings. The van der Waals surface area contributed by atoms with Gasteiger partial charge >= 0.3 is 6.18 Å². The molecule has 1 amide bonds. The van der Waals surface area contributed by atoms with Crippen LogP contribution in [0, 0.1) is 0 Å². The summed E-state index contributed by atoms with van der Waals surface area (Å²) in [6.45, 7) is 0.0562. The number of carbonyl (C=O) groups excluding carboxylic acids is 1. The summed E-state index contributed by atoms with van der Waals surface area (Å²) in [4.78, 5) is 12.6. The Morgan fingerprint density at radius 2 is 1.86 bits per heavy atom. The van der Waals surface area contributed by atoms with Crippen LogP contribution < -0.4 is 5.32 Å². The van der Waals surface area contributed by atoms with Gasteiger partial charge in [0.25, 0.3) is 0 Å². The highest BCUT2D eigenvalue weighted by Gasteiger charge is 2.39. The molecule has 0 aliphatic carbocycles. The van der Waals surface area contributed by atoms with Crippen molar-refractivity contribution in [1.29, 1.82) is 0 Å². The summed E-state index contributed by atoms with van der Waals surface area (Å²) in [5.74, 6) is -0.544. The van der Waals surface area contributed by atoms with Gasteiger partial charge in [-0.05, 0) is 54.8 Å². The molecule has 0 saturated carbocycles. The summed E-state index contributed by atoms with van der Waals surface area (Å²) in [7, 11) is -3.89. The van der Waals surface area contributed by atoms with E-state index in [1.54, 1.807) is 0 Å². The third kappa shape index (κ3) is 4.91. The molecule has 156 valence electrons. The highest BCUT2D eigenvalue weighted by atomic mass is 35.5. The maximum Gasteiger partial charge on any atom is 0.416 e. The van der Waals surface area contributed by atoms with Crippen molar-refractivity contribution in [3.8, 4) is 0 Å². The lowest BCUT2D eigenvalue weighted by molar-refractivity contribution is -0.137. The number of amides is 1. The molecular formula is C19H18ClF3N2O3S. The minimum Gasteiger partial charge on any atom is -0.351 e. The van der Waals surface area contributed by atoms with Gasteiger partial charge in [0.15, 0.2) is 0 Å². The van der Waals surface area contributed by atoms with Crippen LogP contribution in [0.4, 0.5) is 13.2 Å². The van der Waals surface area contributed by atoms with Crippen molar-refractivity contribution < 1.29 is 26.4 Å². The van der Waals surface area contributed by atoms with Crippen LogP contribution in [0.3, 0.4) is 0 Å². The SMILES string of the molecule is O=C(NCc1cccc(C(F)(F)F)c1)[C@@H]1CCCN1S(=O)(=O)c1ccc(Cl)cc1. The third-order valence-corrected chi connectivity index (χ3v) is 6.82. The summed E-state index contributed by atoms with van der Waals surface area (Å²) >= 11 is 5.80. The third-order valence-electron chi connectivity index (χ3n) is 4.65. The standard InChI is InChI=1S/C19H18ClF3N2O3S/c20-15-6-8-16(9-7-15)29(27,28)25-10-2-5-17(25)18(26)24-12-13-3-1-4-14(11-13)19(21,22)23/h1,3-4,6-9,11,17H,2,5,10,12H2,(H,24,26)/t17-/m0/s1. The highest BCUT2D eigenvalue weighted by Crippen LogP contribution is 2.30. The zero-order valence-corrected chi connectivity index (χ0v) is 16.7. The second-order valence-electron chi connectivity index (χ2n) is 6.64. The van der Waals surface area contributed by atoms with Gasteiger partial charge in [-0.2, -0.15) is 17.5 Å². The molecule has 1 atom stereocenters. The van der Waals surface area contributed by atoms with Crippen molar-refractivity contribution >= 4 is 27.5 Å². The number of halogens is 4. The zero-order valence-electron chi connectivity index (χ0n) is 15.1. The van der Waals surface area contributed by atoms with Crippen LogP contribution in [-0.4, -0.2) is 31.2 Å². The summed E-state index contributed by atoms with van der Waals surface area (Å²) < 4.78 is 65.3. The number of hydrogen-bond acceptors (Lipinski definition) is 3. The van der Waals surface area contributed by atoms with Gasteiger partial charge in [0.2, 0.25) is 15.9 Å². The van der Waals surface area contributed by atoms with Crippen LogP contribution >= 0.6 is 11.6 Å². The monoisotopic (exact) mass is 446 g/mol. The van der Waals surface area contributed by atoms with Crippen molar-refractivity contribution in [3.63, 3.8) is 0 Å². The average Bonchev–Trinajstić information content (AvgIpc) is 3.17. The zero-order chi connectivity index (χ0) is 21.2. The summed E-state index contributed by atoms with van der Waals surface area (Å²) in [5, 5.41) is 2.94. The Labute approximate surface area is 171 Å². The quantitative estimate of drug-likeness (QED) is 0.759. The molecule has 1 aliphatic rings. The molecule has 1 N–H and O–H groups in total. The first-order chi connectivity index (χ1) is 13.6. The second-order valence-corrected chi connectivity index (χ2v) is 8.97. The van der Waals surface area contributed by atoms with Crippen LogP contribution in [0.5, 0.6) is 0 Å². The summed E-state index contributed by atoms with van der Waals surface area (Å²) in [5.41, 5.74) is -0.532. The molecule has 29 heavy (non-hydrogen) atoms. The van der Waals surface area contributed by atoms with Gasteiger partial charge in [-0.3, -0.25) is 4.79 Å². The first-order valence-corrected chi connectivity index (χ1v) is 10.6. The Morgan fingerprint density at radius 1 is 1.17 bits per heavy atom. The molecule has 5 nitrogen and oxygen atoms in total. The first-order valence-electron chi connectivity index (χ1n) is 8.80. The fourth-order valence-corrected chi connectivity index (χ4v) is 4.98. The summed E-state index contributed by atoms with van der Waals surface area (Å²) in [6, 6.07) is 9.35. The van der Waals surface area contributed by atoms with Crippen molar-refractivity contribution in [1.82, 2.24) is 9.62 Å². The molecule has 1 aliphatic heterocycles. The lowest BCUT2D eigenvalue weighted by Gasteiger charge is -2.23. The fourth-order valence-electron chi connectivity index (χ4n) is 3.20. The molecule has 0 bridgehead atoms. The number of benzene rings is 2.